The van der Waals surface area contributed by atoms with Gasteiger partial charge in [0.15, 0.2) is 0 Å². The lowest BCUT2D eigenvalue weighted by Crippen LogP contribution is -2.44. The molecule has 0 bridgehead atoms. The van der Waals surface area contributed by atoms with Gasteiger partial charge in [0.25, 0.3) is 5.92 Å². The molecule has 2 aliphatic rings. The summed E-state index contributed by atoms with van der Waals surface area (Å²) in [7, 11) is 0. The maximum Gasteiger partial charge on any atom is 0.311 e. The number of rotatable bonds is 7. The van der Waals surface area contributed by atoms with Crippen molar-refractivity contribution < 1.29 is 23.4 Å². The number of aliphatic carboxylic acids is 1. The third kappa shape index (κ3) is 4.36. The highest BCUT2D eigenvalue weighted by Crippen LogP contribution is 2.42. The Bertz CT molecular complexity index is 1180. The smallest absolute Gasteiger partial charge is 0.311 e. The maximum atomic E-state index is 13.6. The average molecular weight is 471 g/mol. The molecule has 1 aliphatic heterocycles. The molecular formula is C25H28F2N4O3. The molecule has 0 radical (unpaired) electrons. The molecule has 1 saturated carbocycles. The molecule has 1 saturated heterocycles. The molecule has 1 aliphatic carbocycles. The topological polar surface area (TPSA) is 91.3 Å². The third-order valence-electron chi connectivity index (χ3n) is 7.14. The monoisotopic (exact) mass is 470 g/mol. The maximum absolute atomic E-state index is 13.6. The number of alkyl halides is 2. The number of fused-ring (bicyclic) bond motifs is 1. The van der Waals surface area contributed by atoms with Crippen LogP contribution in [0.15, 0.2) is 36.5 Å². The van der Waals surface area contributed by atoms with Crippen molar-refractivity contribution in [3.8, 4) is 11.4 Å². The van der Waals surface area contributed by atoms with E-state index in [9.17, 15) is 18.7 Å². The van der Waals surface area contributed by atoms with Crippen LogP contribution in [0.2, 0.25) is 0 Å². The van der Waals surface area contributed by atoms with Crippen molar-refractivity contribution in [1.29, 1.82) is 0 Å². The molecule has 5 rings (SSSR count). The molecule has 0 atom stereocenters. The van der Waals surface area contributed by atoms with Gasteiger partial charge in [-0.25, -0.2) is 18.7 Å². The van der Waals surface area contributed by atoms with Crippen molar-refractivity contribution in [2.24, 2.45) is 5.41 Å². The van der Waals surface area contributed by atoms with Crippen LogP contribution in [-0.4, -0.2) is 51.8 Å². The van der Waals surface area contributed by atoms with Gasteiger partial charge < -0.3 is 19.7 Å². The molecule has 2 fully saturated rings. The Morgan fingerprint density at radius 1 is 1.26 bits per heavy atom. The van der Waals surface area contributed by atoms with Crippen LogP contribution in [0.3, 0.4) is 0 Å². The van der Waals surface area contributed by atoms with Gasteiger partial charge in [0.1, 0.15) is 11.6 Å². The van der Waals surface area contributed by atoms with E-state index in [-0.39, 0.29) is 11.7 Å². The predicted molar refractivity (Wildman–Crippen MR) is 124 cm³/mol. The highest BCUT2D eigenvalue weighted by molar-refractivity contribution is 5.80. The minimum absolute atomic E-state index is 0.0538. The standard InChI is InChI=1S/C25H28F2N4O3/c1-24(26,27)17-4-5-19-20(13-17)30-22(29-19)16-3-6-21(28-14-16)31-11-7-18(8-12-31)34-15-25(23(32)33)9-2-10-25/h3-6,13-14,18H,2,7-12,15H2,1H3,(H,29,30)(H,32,33). The van der Waals surface area contributed by atoms with Gasteiger partial charge in [-0.2, -0.15) is 0 Å². The van der Waals surface area contributed by atoms with E-state index in [1.54, 1.807) is 12.3 Å². The van der Waals surface area contributed by atoms with Crippen LogP contribution >= 0.6 is 0 Å². The molecule has 9 heteroatoms. The van der Waals surface area contributed by atoms with Crippen LogP contribution in [0, 0.1) is 5.41 Å². The number of H-pyrrole nitrogens is 1. The zero-order chi connectivity index (χ0) is 23.9. The summed E-state index contributed by atoms with van der Waals surface area (Å²) in [4.78, 5) is 25.9. The summed E-state index contributed by atoms with van der Waals surface area (Å²) in [5.41, 5.74) is 1.24. The van der Waals surface area contributed by atoms with Gasteiger partial charge in [-0.05, 0) is 49.9 Å². The fourth-order valence-corrected chi connectivity index (χ4v) is 4.69. The van der Waals surface area contributed by atoms with Crippen molar-refractivity contribution in [3.63, 3.8) is 0 Å². The lowest BCUT2D eigenvalue weighted by atomic mass is 9.69. The average Bonchev–Trinajstić information content (AvgIpc) is 3.22. The first kappa shape index (κ1) is 22.7. The molecule has 2 aromatic heterocycles. The van der Waals surface area contributed by atoms with E-state index in [4.69, 9.17) is 4.74 Å². The van der Waals surface area contributed by atoms with Crippen molar-refractivity contribution in [3.05, 3.63) is 42.1 Å². The van der Waals surface area contributed by atoms with Crippen molar-refractivity contribution in [2.45, 2.75) is 51.1 Å². The number of halogens is 2. The van der Waals surface area contributed by atoms with Crippen molar-refractivity contribution >= 4 is 22.8 Å². The second-order valence-electron chi connectivity index (χ2n) is 9.55. The molecular weight excluding hydrogens is 442 g/mol. The Hall–Kier alpha value is -3.07. The van der Waals surface area contributed by atoms with E-state index >= 15 is 0 Å². The third-order valence-corrected chi connectivity index (χ3v) is 7.14. The first-order valence-electron chi connectivity index (χ1n) is 11.7. The molecule has 3 heterocycles. The summed E-state index contributed by atoms with van der Waals surface area (Å²) in [6.07, 6.45) is 5.82. The van der Waals surface area contributed by atoms with E-state index in [0.29, 0.717) is 36.3 Å². The van der Waals surface area contributed by atoms with E-state index < -0.39 is 17.3 Å². The number of benzene rings is 1. The van der Waals surface area contributed by atoms with Gasteiger partial charge in [-0.15, -0.1) is 0 Å². The Balaban J connectivity index is 1.20. The number of ether oxygens (including phenoxy) is 1. The SMILES string of the molecule is CC(F)(F)c1ccc2nc(-c3ccc(N4CCC(OCC5(C(=O)O)CCC5)CC4)nc3)[nH]c2c1. The number of imidazole rings is 1. The van der Waals surface area contributed by atoms with Crippen molar-refractivity contribution in [2.75, 3.05) is 24.6 Å². The fourth-order valence-electron chi connectivity index (χ4n) is 4.69. The quantitative estimate of drug-likeness (QED) is 0.506. The molecule has 0 unspecified atom stereocenters. The number of carboxylic acid groups (broad SMARTS) is 1. The number of carboxylic acids is 1. The highest BCUT2D eigenvalue weighted by Gasteiger charge is 2.45. The van der Waals surface area contributed by atoms with Crippen LogP contribution in [0.5, 0.6) is 0 Å². The fraction of sp³-hybridized carbons (Fsp3) is 0.480. The van der Waals surface area contributed by atoms with Gasteiger partial charge in [0.05, 0.1) is 29.2 Å². The number of hydrogen-bond acceptors (Lipinski definition) is 5. The van der Waals surface area contributed by atoms with Crippen LogP contribution < -0.4 is 4.90 Å². The van der Waals surface area contributed by atoms with Gasteiger partial charge in [-0.3, -0.25) is 4.79 Å². The number of piperidine rings is 1. The molecule has 1 aromatic carbocycles. The van der Waals surface area contributed by atoms with Crippen LogP contribution in [0.25, 0.3) is 22.4 Å². The Labute approximate surface area is 196 Å². The minimum Gasteiger partial charge on any atom is -0.481 e. The number of pyridine rings is 1. The number of hydrogen-bond donors (Lipinski definition) is 2. The zero-order valence-electron chi connectivity index (χ0n) is 19.1. The molecule has 0 spiro atoms. The molecule has 180 valence electrons. The Morgan fingerprint density at radius 2 is 2.03 bits per heavy atom. The summed E-state index contributed by atoms with van der Waals surface area (Å²) in [5.74, 6) is -2.21. The number of aromatic nitrogens is 3. The van der Waals surface area contributed by atoms with Gasteiger partial charge in [-0.1, -0.05) is 12.5 Å². The Kier molecular flexibility index (Phi) is 5.75. The molecule has 7 nitrogen and oxygen atoms in total. The Morgan fingerprint density at radius 3 is 2.62 bits per heavy atom. The van der Waals surface area contributed by atoms with E-state index in [0.717, 1.165) is 50.7 Å². The van der Waals surface area contributed by atoms with E-state index in [1.807, 2.05) is 12.1 Å². The number of anilines is 1. The highest BCUT2D eigenvalue weighted by atomic mass is 19.3. The second-order valence-corrected chi connectivity index (χ2v) is 9.55. The lowest BCUT2D eigenvalue weighted by molar-refractivity contribution is -0.162. The molecule has 0 amide bonds. The van der Waals surface area contributed by atoms with E-state index in [1.165, 1.54) is 12.1 Å². The number of carbonyl (C=O) groups is 1. The van der Waals surface area contributed by atoms with E-state index in [2.05, 4.69) is 19.9 Å². The number of aromatic amines is 1. The first-order chi connectivity index (χ1) is 16.2. The minimum atomic E-state index is -2.91. The molecule has 3 aromatic rings. The number of nitrogens with zero attached hydrogens (tertiary/aromatic N) is 3. The normalized spacial score (nSPS) is 18.7. The number of nitrogens with one attached hydrogen (secondary N) is 1. The summed E-state index contributed by atoms with van der Waals surface area (Å²) >= 11 is 0. The van der Waals surface area contributed by atoms with Crippen LogP contribution in [0.4, 0.5) is 14.6 Å². The largest absolute Gasteiger partial charge is 0.481 e. The summed E-state index contributed by atoms with van der Waals surface area (Å²) < 4.78 is 33.2. The summed E-state index contributed by atoms with van der Waals surface area (Å²) in [6.45, 7) is 2.75. The molecule has 34 heavy (non-hydrogen) atoms. The summed E-state index contributed by atoms with van der Waals surface area (Å²) in [6, 6.07) is 8.28. The van der Waals surface area contributed by atoms with Crippen LogP contribution in [0.1, 0.15) is 44.6 Å². The lowest BCUT2D eigenvalue weighted by Gasteiger charge is -2.39. The van der Waals surface area contributed by atoms with Crippen LogP contribution in [-0.2, 0) is 15.5 Å². The van der Waals surface area contributed by atoms with Gasteiger partial charge in [0, 0.05) is 37.3 Å². The second kappa shape index (κ2) is 8.61. The molecule has 2 N–H and O–H groups in total. The summed E-state index contributed by atoms with van der Waals surface area (Å²) in [5, 5.41) is 9.46. The van der Waals surface area contributed by atoms with Gasteiger partial charge in [0.2, 0.25) is 0 Å². The van der Waals surface area contributed by atoms with Crippen molar-refractivity contribution in [1.82, 2.24) is 15.0 Å². The zero-order valence-corrected chi connectivity index (χ0v) is 19.1. The van der Waals surface area contributed by atoms with Gasteiger partial charge >= 0.3 is 5.97 Å². The first-order valence-corrected chi connectivity index (χ1v) is 11.7. The predicted octanol–water partition coefficient (Wildman–Crippen LogP) is 4.98.